The van der Waals surface area contributed by atoms with Gasteiger partial charge < -0.3 is 24.8 Å². The fourth-order valence-corrected chi connectivity index (χ4v) is 1.89. The fourth-order valence-electron chi connectivity index (χ4n) is 1.89. The van der Waals surface area contributed by atoms with Gasteiger partial charge in [0.05, 0.1) is 13.2 Å². The van der Waals surface area contributed by atoms with Gasteiger partial charge in [-0.25, -0.2) is 4.39 Å². The number of nitrogens with one attached hydrogen (secondary N) is 2. The number of rotatable bonds is 6. The Hall–Kier alpha value is -1.41. The second-order valence-corrected chi connectivity index (χ2v) is 4.54. The maximum Gasteiger partial charge on any atom is 0.254 e. The van der Waals surface area contributed by atoms with Crippen LogP contribution in [-0.2, 0) is 14.3 Å². The lowest BCUT2D eigenvalue weighted by atomic mass is 10.2. The van der Waals surface area contributed by atoms with Gasteiger partial charge in [0.25, 0.3) is 5.91 Å². The maximum absolute atomic E-state index is 13.8. The van der Waals surface area contributed by atoms with E-state index in [4.69, 9.17) is 14.2 Å². The number of hydrogen-bond donors (Lipinski definition) is 2. The van der Waals surface area contributed by atoms with Crippen molar-refractivity contribution >= 4 is 24.0 Å². The second-order valence-electron chi connectivity index (χ2n) is 4.54. The molecule has 1 aliphatic rings. The average Bonchev–Trinajstić information content (AvgIpc) is 2.50. The molecule has 1 atom stereocenters. The van der Waals surface area contributed by atoms with Crippen LogP contribution in [0.25, 0.3) is 0 Å². The Labute approximate surface area is 134 Å². The Morgan fingerprint density at radius 2 is 2.32 bits per heavy atom. The number of halogens is 2. The molecule has 0 aromatic heterocycles. The summed E-state index contributed by atoms with van der Waals surface area (Å²) in [6.07, 6.45) is -0.556. The van der Waals surface area contributed by atoms with E-state index in [1.807, 2.05) is 0 Å². The van der Waals surface area contributed by atoms with E-state index in [9.17, 15) is 9.18 Å². The van der Waals surface area contributed by atoms with Gasteiger partial charge in [0, 0.05) is 32.0 Å². The van der Waals surface area contributed by atoms with Crippen molar-refractivity contribution in [1.29, 1.82) is 0 Å². The van der Waals surface area contributed by atoms with Crippen molar-refractivity contribution in [3.05, 3.63) is 24.0 Å². The zero-order valence-corrected chi connectivity index (χ0v) is 13.1. The van der Waals surface area contributed by atoms with Gasteiger partial charge in [-0.2, -0.15) is 0 Å². The Morgan fingerprint density at radius 1 is 1.50 bits per heavy atom. The van der Waals surface area contributed by atoms with Crippen LogP contribution in [-0.4, -0.2) is 52.0 Å². The molecule has 1 saturated heterocycles. The molecule has 0 aliphatic carbocycles. The molecule has 0 saturated carbocycles. The van der Waals surface area contributed by atoms with Crippen molar-refractivity contribution < 1.29 is 23.4 Å². The molecule has 124 valence electrons. The predicted octanol–water partition coefficient (Wildman–Crippen LogP) is 1.20. The van der Waals surface area contributed by atoms with E-state index in [1.165, 1.54) is 12.1 Å². The Balaban J connectivity index is 0.00000242. The molecule has 1 heterocycles. The van der Waals surface area contributed by atoms with Crippen LogP contribution in [0.2, 0.25) is 0 Å². The van der Waals surface area contributed by atoms with Gasteiger partial charge in [-0.3, -0.25) is 4.79 Å². The summed E-state index contributed by atoms with van der Waals surface area (Å²) in [6.45, 7) is 2.31. The first-order chi connectivity index (χ1) is 10.2. The van der Waals surface area contributed by atoms with Crippen molar-refractivity contribution in [1.82, 2.24) is 5.32 Å². The highest BCUT2D eigenvalue weighted by Crippen LogP contribution is 2.21. The number of amides is 1. The van der Waals surface area contributed by atoms with Crippen molar-refractivity contribution in [2.24, 2.45) is 0 Å². The highest BCUT2D eigenvalue weighted by atomic mass is 35.5. The molecule has 2 N–H and O–H groups in total. The van der Waals surface area contributed by atoms with E-state index in [1.54, 1.807) is 13.2 Å². The standard InChI is InChI=1S/C14H19FN2O4.ClH/c1-19-6-7-21-12-3-2-10(8-11(12)15)17-14(18)13-9-16-4-5-20-13;/h2-3,8,13,16H,4-7,9H2,1H3,(H,17,18);1H. The number of anilines is 1. The van der Waals surface area contributed by atoms with E-state index >= 15 is 0 Å². The van der Waals surface area contributed by atoms with Crippen LogP contribution in [0.1, 0.15) is 0 Å². The molecule has 0 spiro atoms. The predicted molar refractivity (Wildman–Crippen MR) is 82.3 cm³/mol. The molecule has 8 heteroatoms. The minimum absolute atomic E-state index is 0. The lowest BCUT2D eigenvalue weighted by Crippen LogP contribution is -2.45. The quantitative estimate of drug-likeness (QED) is 0.765. The first kappa shape index (κ1) is 18.6. The Bertz CT molecular complexity index is 484. The van der Waals surface area contributed by atoms with Gasteiger partial charge in [0.2, 0.25) is 0 Å². The molecule has 1 aromatic carbocycles. The highest BCUT2D eigenvalue weighted by molar-refractivity contribution is 5.94. The normalized spacial score (nSPS) is 17.5. The van der Waals surface area contributed by atoms with E-state index in [0.717, 1.165) is 6.54 Å². The molecule has 1 amide bonds. The summed E-state index contributed by atoms with van der Waals surface area (Å²) in [6, 6.07) is 4.27. The largest absolute Gasteiger partial charge is 0.488 e. The van der Waals surface area contributed by atoms with Crippen LogP contribution in [0.3, 0.4) is 0 Å². The minimum atomic E-state index is -0.556. The molecule has 2 rings (SSSR count). The van der Waals surface area contributed by atoms with Gasteiger partial charge in [-0.1, -0.05) is 0 Å². The molecule has 0 radical (unpaired) electrons. The van der Waals surface area contributed by atoms with Crippen LogP contribution in [0.4, 0.5) is 10.1 Å². The lowest BCUT2D eigenvalue weighted by Gasteiger charge is -2.22. The van der Waals surface area contributed by atoms with Gasteiger partial charge in [-0.05, 0) is 12.1 Å². The number of morpholine rings is 1. The molecule has 1 aromatic rings. The van der Waals surface area contributed by atoms with E-state index in [0.29, 0.717) is 25.4 Å². The summed E-state index contributed by atoms with van der Waals surface area (Å²) < 4.78 is 29.2. The molecule has 22 heavy (non-hydrogen) atoms. The van der Waals surface area contributed by atoms with Crippen molar-refractivity contribution in [3.63, 3.8) is 0 Å². The summed E-state index contributed by atoms with van der Waals surface area (Å²) in [5.74, 6) is -0.707. The van der Waals surface area contributed by atoms with Gasteiger partial charge in [0.15, 0.2) is 11.6 Å². The van der Waals surface area contributed by atoms with Gasteiger partial charge in [0.1, 0.15) is 12.7 Å². The summed E-state index contributed by atoms with van der Waals surface area (Å²) in [7, 11) is 1.54. The number of carbonyl (C=O) groups is 1. The van der Waals surface area contributed by atoms with Gasteiger partial charge in [-0.15, -0.1) is 12.4 Å². The highest BCUT2D eigenvalue weighted by Gasteiger charge is 2.21. The third kappa shape index (κ3) is 5.42. The van der Waals surface area contributed by atoms with Crippen LogP contribution >= 0.6 is 12.4 Å². The van der Waals surface area contributed by atoms with Crippen LogP contribution < -0.4 is 15.4 Å². The van der Waals surface area contributed by atoms with Gasteiger partial charge >= 0.3 is 0 Å². The van der Waals surface area contributed by atoms with Crippen molar-refractivity contribution in [2.75, 3.05) is 45.3 Å². The third-order valence-electron chi connectivity index (χ3n) is 2.96. The summed E-state index contributed by atoms with van der Waals surface area (Å²) in [4.78, 5) is 11.9. The number of carbonyl (C=O) groups excluding carboxylic acids is 1. The average molecular weight is 335 g/mol. The number of benzene rings is 1. The zero-order valence-electron chi connectivity index (χ0n) is 12.3. The smallest absolute Gasteiger partial charge is 0.254 e. The lowest BCUT2D eigenvalue weighted by molar-refractivity contribution is -0.128. The minimum Gasteiger partial charge on any atom is -0.488 e. The Kier molecular flexibility index (Phi) is 8.11. The molecule has 1 unspecified atom stereocenters. The summed E-state index contributed by atoms with van der Waals surface area (Å²) in [5.41, 5.74) is 0.366. The Morgan fingerprint density at radius 3 is 2.95 bits per heavy atom. The molecular formula is C14H20ClFN2O4. The van der Waals surface area contributed by atoms with Crippen LogP contribution in [0.5, 0.6) is 5.75 Å². The topological polar surface area (TPSA) is 68.8 Å². The van der Waals surface area contributed by atoms with Crippen molar-refractivity contribution in [2.45, 2.75) is 6.10 Å². The second kappa shape index (κ2) is 9.58. The molecule has 6 nitrogen and oxygen atoms in total. The molecular weight excluding hydrogens is 315 g/mol. The van der Waals surface area contributed by atoms with Crippen LogP contribution in [0, 0.1) is 5.82 Å². The molecule has 0 bridgehead atoms. The third-order valence-corrected chi connectivity index (χ3v) is 2.96. The summed E-state index contributed by atoms with van der Waals surface area (Å²) in [5, 5.41) is 5.68. The van der Waals surface area contributed by atoms with E-state index in [-0.39, 0.29) is 30.7 Å². The first-order valence-corrected chi connectivity index (χ1v) is 6.75. The summed E-state index contributed by atoms with van der Waals surface area (Å²) >= 11 is 0. The fraction of sp³-hybridized carbons (Fsp3) is 0.500. The molecule has 1 aliphatic heterocycles. The first-order valence-electron chi connectivity index (χ1n) is 6.75. The maximum atomic E-state index is 13.8. The number of hydrogen-bond acceptors (Lipinski definition) is 5. The monoisotopic (exact) mass is 334 g/mol. The SMILES string of the molecule is COCCOc1ccc(NC(=O)C2CNCCO2)cc1F.Cl. The van der Waals surface area contributed by atoms with E-state index in [2.05, 4.69) is 10.6 Å². The molecule has 1 fully saturated rings. The number of methoxy groups -OCH3 is 1. The zero-order chi connectivity index (χ0) is 15.1. The van der Waals surface area contributed by atoms with E-state index < -0.39 is 11.9 Å². The van der Waals surface area contributed by atoms with Crippen LogP contribution in [0.15, 0.2) is 18.2 Å². The number of ether oxygens (including phenoxy) is 3. The van der Waals surface area contributed by atoms with Crippen molar-refractivity contribution in [3.8, 4) is 5.75 Å².